The van der Waals surface area contributed by atoms with Crippen molar-refractivity contribution >= 4 is 39.7 Å². The zero-order chi connectivity index (χ0) is 26.9. The number of H-pyrrole nitrogens is 1. The Morgan fingerprint density at radius 1 is 1.11 bits per heavy atom. The minimum absolute atomic E-state index is 0.0320. The van der Waals surface area contributed by atoms with Crippen molar-refractivity contribution in [3.8, 4) is 10.7 Å². The Morgan fingerprint density at radius 3 is 2.61 bits per heavy atom. The monoisotopic (exact) mass is 531 g/mol. The van der Waals surface area contributed by atoms with Gasteiger partial charge in [-0.15, -0.1) is 21.5 Å². The number of nitrogens with zero attached hydrogens (tertiary/aromatic N) is 5. The number of thiophene rings is 1. The number of para-hydroxylation sites is 2. The largest absolute Gasteiger partial charge is 0.361 e. The third-order valence-electron chi connectivity index (χ3n) is 5.77. The average molecular weight is 532 g/mol. The van der Waals surface area contributed by atoms with E-state index in [1.165, 1.54) is 34.4 Å². The summed E-state index contributed by atoms with van der Waals surface area (Å²) in [7, 11) is 0. The van der Waals surface area contributed by atoms with Gasteiger partial charge in [-0.05, 0) is 55.6 Å². The molecule has 2 aromatic carbocycles. The van der Waals surface area contributed by atoms with Gasteiger partial charge >= 0.3 is 0 Å². The van der Waals surface area contributed by atoms with Crippen LogP contribution in [0.2, 0.25) is 0 Å². The quantitative estimate of drug-likeness (QED) is 0.316. The molecule has 194 valence electrons. The van der Waals surface area contributed by atoms with Crippen molar-refractivity contribution in [1.82, 2.24) is 30.5 Å². The van der Waals surface area contributed by atoms with E-state index in [1.54, 1.807) is 12.3 Å². The molecule has 0 fully saturated rings. The Kier molecular flexibility index (Phi) is 6.77. The molecule has 3 aromatic heterocycles. The molecule has 3 heterocycles. The number of hydrogen-bond donors (Lipinski definition) is 2. The van der Waals surface area contributed by atoms with E-state index in [0.717, 1.165) is 20.6 Å². The summed E-state index contributed by atoms with van der Waals surface area (Å²) in [6.07, 6.45) is 1.68. The van der Waals surface area contributed by atoms with Gasteiger partial charge in [0.25, 0.3) is 5.91 Å². The third kappa shape index (κ3) is 5.18. The maximum Gasteiger partial charge on any atom is 0.251 e. The van der Waals surface area contributed by atoms with Crippen LogP contribution in [0.25, 0.3) is 21.6 Å². The number of carbonyl (C=O) groups excluding carboxylic acids is 2. The number of hydrogen-bond acceptors (Lipinski definition) is 6. The Balaban J connectivity index is 1.61. The van der Waals surface area contributed by atoms with Crippen LogP contribution in [0.4, 0.5) is 10.1 Å². The van der Waals surface area contributed by atoms with E-state index in [-0.39, 0.29) is 12.2 Å². The number of anilines is 1. The average Bonchev–Trinajstić information content (AvgIpc) is 3.63. The maximum absolute atomic E-state index is 15.3. The summed E-state index contributed by atoms with van der Waals surface area (Å²) >= 11 is 1.45. The molecule has 0 saturated carbocycles. The van der Waals surface area contributed by atoms with Crippen LogP contribution in [0.3, 0.4) is 0 Å². The number of rotatable bonds is 7. The number of tetrazole rings is 1. The van der Waals surface area contributed by atoms with E-state index < -0.39 is 29.2 Å². The van der Waals surface area contributed by atoms with Crippen molar-refractivity contribution in [2.45, 2.75) is 38.9 Å². The van der Waals surface area contributed by atoms with E-state index >= 15 is 4.39 Å². The van der Waals surface area contributed by atoms with Crippen LogP contribution in [0.15, 0.2) is 72.2 Å². The fourth-order valence-electron chi connectivity index (χ4n) is 4.23. The highest BCUT2D eigenvalue weighted by atomic mass is 32.1. The minimum atomic E-state index is -1.19. The predicted octanol–water partition coefficient (Wildman–Crippen LogP) is 4.71. The molecule has 1 atom stereocenters. The van der Waals surface area contributed by atoms with Gasteiger partial charge in [0.1, 0.15) is 18.4 Å². The molecule has 2 N–H and O–H groups in total. The molecule has 0 radical (unpaired) electrons. The molecule has 9 nitrogen and oxygen atoms in total. The van der Waals surface area contributed by atoms with Crippen molar-refractivity contribution in [1.29, 1.82) is 0 Å². The standard InChI is InChI=1S/C27H26FN7O2S/c1-27(2,3)30-26(37)24(18-15-29-20-11-6-4-9-17(18)20)35(21-12-7-5-10-19(21)28)23(36)16-34-32-25(31-33-34)22-13-8-14-38-22/h4-15,24,29H,16H2,1-3H3,(H,30,37). The van der Waals surface area contributed by atoms with E-state index in [2.05, 4.69) is 25.7 Å². The highest BCUT2D eigenvalue weighted by Crippen LogP contribution is 2.34. The SMILES string of the molecule is CC(C)(C)NC(=O)C(c1c[nH]c2ccccc12)N(C(=O)Cn1nnc(-c2cccs2)n1)c1ccccc1F. The Labute approximate surface area is 222 Å². The number of halogens is 1. The fourth-order valence-corrected chi connectivity index (χ4v) is 4.88. The van der Waals surface area contributed by atoms with Crippen LogP contribution in [0, 0.1) is 5.82 Å². The predicted molar refractivity (Wildman–Crippen MR) is 144 cm³/mol. The van der Waals surface area contributed by atoms with Gasteiger partial charge in [0.2, 0.25) is 11.7 Å². The lowest BCUT2D eigenvalue weighted by Gasteiger charge is -2.33. The van der Waals surface area contributed by atoms with Gasteiger partial charge in [-0.1, -0.05) is 36.4 Å². The normalized spacial score (nSPS) is 12.4. The summed E-state index contributed by atoms with van der Waals surface area (Å²) in [6.45, 7) is 5.18. The first-order valence-corrected chi connectivity index (χ1v) is 12.9. The second-order valence-corrected chi connectivity index (χ2v) is 10.7. The number of amides is 2. The lowest BCUT2D eigenvalue weighted by atomic mass is 10.00. The number of fused-ring (bicyclic) bond motifs is 1. The Hall–Kier alpha value is -4.38. The van der Waals surface area contributed by atoms with Crippen molar-refractivity contribution in [3.05, 3.63) is 83.6 Å². The summed E-state index contributed by atoms with van der Waals surface area (Å²) in [6, 6.07) is 15.9. The lowest BCUT2D eigenvalue weighted by molar-refractivity contribution is -0.128. The summed E-state index contributed by atoms with van der Waals surface area (Å²) < 4.78 is 15.3. The lowest BCUT2D eigenvalue weighted by Crippen LogP contribution is -2.50. The van der Waals surface area contributed by atoms with Gasteiger partial charge in [0.05, 0.1) is 10.6 Å². The highest BCUT2D eigenvalue weighted by Gasteiger charge is 2.37. The molecule has 0 aliphatic rings. The molecule has 5 aromatic rings. The topological polar surface area (TPSA) is 109 Å². The van der Waals surface area contributed by atoms with Gasteiger partial charge in [-0.25, -0.2) is 4.39 Å². The summed E-state index contributed by atoms with van der Waals surface area (Å²) in [5.74, 6) is -1.29. The molecule has 5 rings (SSSR count). The zero-order valence-corrected chi connectivity index (χ0v) is 21.9. The maximum atomic E-state index is 15.3. The smallest absolute Gasteiger partial charge is 0.251 e. The molecular formula is C27H26FN7O2S. The first-order valence-electron chi connectivity index (χ1n) is 12.0. The molecule has 38 heavy (non-hydrogen) atoms. The van der Waals surface area contributed by atoms with Crippen LogP contribution in [0.5, 0.6) is 0 Å². The molecule has 0 bridgehead atoms. The second-order valence-electron chi connectivity index (χ2n) is 9.77. The number of aromatic amines is 1. The van der Waals surface area contributed by atoms with E-state index in [0.29, 0.717) is 11.4 Å². The number of nitrogens with one attached hydrogen (secondary N) is 2. The summed E-state index contributed by atoms with van der Waals surface area (Å²) in [5, 5.41) is 18.0. The van der Waals surface area contributed by atoms with E-state index in [1.807, 2.05) is 62.5 Å². The van der Waals surface area contributed by atoms with Crippen molar-refractivity contribution in [2.75, 3.05) is 4.90 Å². The molecule has 0 spiro atoms. The van der Waals surface area contributed by atoms with Crippen LogP contribution < -0.4 is 10.2 Å². The van der Waals surface area contributed by atoms with E-state index in [4.69, 9.17) is 0 Å². The molecule has 1 unspecified atom stereocenters. The zero-order valence-electron chi connectivity index (χ0n) is 21.1. The molecule has 11 heteroatoms. The molecule has 2 amide bonds. The van der Waals surface area contributed by atoms with Gasteiger partial charge < -0.3 is 10.3 Å². The number of carbonyl (C=O) groups is 2. The second kappa shape index (κ2) is 10.2. The van der Waals surface area contributed by atoms with Gasteiger partial charge in [-0.2, -0.15) is 4.80 Å². The van der Waals surface area contributed by atoms with Gasteiger partial charge in [0, 0.05) is 28.2 Å². The third-order valence-corrected chi connectivity index (χ3v) is 6.64. The summed E-state index contributed by atoms with van der Waals surface area (Å²) in [5.41, 5.74) is 0.685. The van der Waals surface area contributed by atoms with Crippen molar-refractivity contribution in [2.24, 2.45) is 0 Å². The van der Waals surface area contributed by atoms with Crippen molar-refractivity contribution in [3.63, 3.8) is 0 Å². The first-order chi connectivity index (χ1) is 18.2. The van der Waals surface area contributed by atoms with Crippen LogP contribution in [0.1, 0.15) is 32.4 Å². The van der Waals surface area contributed by atoms with Crippen LogP contribution >= 0.6 is 11.3 Å². The van der Waals surface area contributed by atoms with Crippen LogP contribution in [-0.2, 0) is 16.1 Å². The molecular weight excluding hydrogens is 505 g/mol. The van der Waals surface area contributed by atoms with Crippen molar-refractivity contribution < 1.29 is 14.0 Å². The minimum Gasteiger partial charge on any atom is -0.361 e. The highest BCUT2D eigenvalue weighted by molar-refractivity contribution is 7.13. The first kappa shape index (κ1) is 25.3. The summed E-state index contributed by atoms with van der Waals surface area (Å²) in [4.78, 5) is 34.1. The molecule has 0 aliphatic carbocycles. The van der Waals surface area contributed by atoms with Crippen LogP contribution in [-0.4, -0.2) is 42.5 Å². The number of benzene rings is 2. The van der Waals surface area contributed by atoms with Gasteiger partial charge in [0.15, 0.2) is 0 Å². The van der Waals surface area contributed by atoms with Gasteiger partial charge in [-0.3, -0.25) is 14.5 Å². The Bertz CT molecular complexity index is 1590. The number of aromatic nitrogens is 5. The molecule has 0 aliphatic heterocycles. The Morgan fingerprint density at radius 2 is 1.87 bits per heavy atom. The van der Waals surface area contributed by atoms with E-state index in [9.17, 15) is 9.59 Å². The molecule has 0 saturated heterocycles. The fraction of sp³-hybridized carbons (Fsp3) is 0.222.